The zero-order valence-electron chi connectivity index (χ0n) is 12.9. The molecule has 6 heteroatoms. The van der Waals surface area contributed by atoms with Crippen LogP contribution in [0.1, 0.15) is 25.7 Å². The van der Waals surface area contributed by atoms with Gasteiger partial charge in [0.1, 0.15) is 0 Å². The first-order valence-electron chi connectivity index (χ1n) is 7.25. The van der Waals surface area contributed by atoms with Crippen LogP contribution in [-0.4, -0.2) is 46.1 Å². The van der Waals surface area contributed by atoms with E-state index < -0.39 is 10.0 Å². The monoisotopic (exact) mass is 312 g/mol. The van der Waals surface area contributed by atoms with Crippen LogP contribution in [0, 0.1) is 0 Å². The van der Waals surface area contributed by atoms with E-state index in [1.807, 2.05) is 6.07 Å². The van der Waals surface area contributed by atoms with E-state index in [0.29, 0.717) is 17.0 Å². The van der Waals surface area contributed by atoms with Crippen molar-refractivity contribution in [3.05, 3.63) is 24.3 Å². The molecule has 0 amide bonds. The van der Waals surface area contributed by atoms with E-state index >= 15 is 0 Å². The second-order valence-corrected chi connectivity index (χ2v) is 7.83. The third-order valence-corrected chi connectivity index (χ3v) is 5.75. The summed E-state index contributed by atoms with van der Waals surface area (Å²) in [6, 6.07) is 7.34. The van der Waals surface area contributed by atoms with E-state index in [9.17, 15) is 8.42 Å². The Morgan fingerprint density at radius 3 is 2.71 bits per heavy atom. The largest absolute Gasteiger partial charge is 0.382 e. The third kappa shape index (κ3) is 3.96. The van der Waals surface area contributed by atoms with Gasteiger partial charge in [-0.15, -0.1) is 0 Å². The van der Waals surface area contributed by atoms with Crippen molar-refractivity contribution in [3.8, 4) is 0 Å². The SMILES string of the molecule is COC1CCCC(Nc2cccc(S(=O)(=O)N(C)C)c2)C1. The topological polar surface area (TPSA) is 58.6 Å². The van der Waals surface area contributed by atoms with Crippen molar-refractivity contribution in [3.63, 3.8) is 0 Å². The maximum atomic E-state index is 12.2. The van der Waals surface area contributed by atoms with Crippen LogP contribution < -0.4 is 5.32 Å². The van der Waals surface area contributed by atoms with Gasteiger partial charge in [-0.3, -0.25) is 0 Å². The number of sulfonamides is 1. The molecule has 0 heterocycles. The fraction of sp³-hybridized carbons (Fsp3) is 0.600. The Morgan fingerprint density at radius 1 is 1.29 bits per heavy atom. The van der Waals surface area contributed by atoms with Crippen LogP contribution in [0.3, 0.4) is 0 Å². The zero-order valence-corrected chi connectivity index (χ0v) is 13.7. The van der Waals surface area contributed by atoms with Gasteiger partial charge in [-0.05, 0) is 43.9 Å². The molecule has 0 aromatic heterocycles. The quantitative estimate of drug-likeness (QED) is 0.906. The second-order valence-electron chi connectivity index (χ2n) is 5.68. The Morgan fingerprint density at radius 2 is 2.05 bits per heavy atom. The van der Waals surface area contributed by atoms with E-state index in [0.717, 1.165) is 31.4 Å². The van der Waals surface area contributed by atoms with Gasteiger partial charge in [0, 0.05) is 32.9 Å². The van der Waals surface area contributed by atoms with Crippen molar-refractivity contribution in [1.82, 2.24) is 4.31 Å². The minimum absolute atomic E-state index is 0.296. The first-order valence-corrected chi connectivity index (χ1v) is 8.69. The fourth-order valence-electron chi connectivity index (χ4n) is 2.68. The molecule has 0 spiro atoms. The Balaban J connectivity index is 2.11. The van der Waals surface area contributed by atoms with Crippen LogP contribution in [0.4, 0.5) is 5.69 Å². The number of hydrogen-bond donors (Lipinski definition) is 1. The Bertz CT molecular complexity index is 572. The molecule has 2 atom stereocenters. The Hall–Kier alpha value is -1.11. The van der Waals surface area contributed by atoms with Gasteiger partial charge in [0.05, 0.1) is 11.0 Å². The average Bonchev–Trinajstić information content (AvgIpc) is 2.47. The third-order valence-electron chi connectivity index (χ3n) is 3.94. The van der Waals surface area contributed by atoms with Crippen LogP contribution in [0.15, 0.2) is 29.2 Å². The molecular weight excluding hydrogens is 288 g/mol. The molecule has 21 heavy (non-hydrogen) atoms. The maximum Gasteiger partial charge on any atom is 0.242 e. The molecule has 118 valence electrons. The standard InChI is InChI=1S/C15H24N2O3S/c1-17(2)21(18,19)15-9-5-7-13(11-15)16-12-6-4-8-14(10-12)20-3/h5,7,9,11-12,14,16H,4,6,8,10H2,1-3H3. The average molecular weight is 312 g/mol. The highest BCUT2D eigenvalue weighted by atomic mass is 32.2. The fourth-order valence-corrected chi connectivity index (χ4v) is 3.63. The van der Waals surface area contributed by atoms with Gasteiger partial charge in [-0.2, -0.15) is 0 Å². The van der Waals surface area contributed by atoms with Crippen molar-refractivity contribution in [1.29, 1.82) is 0 Å². The summed E-state index contributed by atoms with van der Waals surface area (Å²) in [7, 11) is 1.44. The van der Waals surface area contributed by atoms with Crippen LogP contribution >= 0.6 is 0 Å². The van der Waals surface area contributed by atoms with Gasteiger partial charge in [0.15, 0.2) is 0 Å². The van der Waals surface area contributed by atoms with Crippen molar-refractivity contribution >= 4 is 15.7 Å². The number of nitrogens with zero attached hydrogens (tertiary/aromatic N) is 1. The van der Waals surface area contributed by atoms with Crippen molar-refractivity contribution in [2.75, 3.05) is 26.5 Å². The zero-order chi connectivity index (χ0) is 15.5. The molecule has 1 aliphatic carbocycles. The molecule has 1 fully saturated rings. The predicted octanol–water partition coefficient (Wildman–Crippen LogP) is 2.31. The van der Waals surface area contributed by atoms with Crippen LogP contribution in [0.5, 0.6) is 0 Å². The number of nitrogens with one attached hydrogen (secondary N) is 1. The van der Waals surface area contributed by atoms with Crippen molar-refractivity contribution < 1.29 is 13.2 Å². The van der Waals surface area contributed by atoms with Crippen LogP contribution in [-0.2, 0) is 14.8 Å². The molecule has 0 aliphatic heterocycles. The lowest BCUT2D eigenvalue weighted by Gasteiger charge is -2.29. The van der Waals surface area contributed by atoms with Gasteiger partial charge < -0.3 is 10.1 Å². The van der Waals surface area contributed by atoms with Gasteiger partial charge in [0.2, 0.25) is 10.0 Å². The molecule has 1 N–H and O–H groups in total. The second kappa shape index (κ2) is 6.77. The van der Waals surface area contributed by atoms with Crippen molar-refractivity contribution in [2.24, 2.45) is 0 Å². The minimum atomic E-state index is -3.39. The molecule has 2 rings (SSSR count). The van der Waals surface area contributed by atoms with Gasteiger partial charge in [-0.25, -0.2) is 12.7 Å². The maximum absolute atomic E-state index is 12.2. The smallest absolute Gasteiger partial charge is 0.242 e. The van der Waals surface area contributed by atoms with Crippen LogP contribution in [0.2, 0.25) is 0 Å². The highest BCUT2D eigenvalue weighted by Crippen LogP contribution is 2.25. The highest BCUT2D eigenvalue weighted by molar-refractivity contribution is 7.89. The van der Waals surface area contributed by atoms with E-state index in [1.54, 1.807) is 39.4 Å². The number of ether oxygens (including phenoxy) is 1. The molecule has 1 aromatic rings. The summed E-state index contributed by atoms with van der Waals surface area (Å²) < 4.78 is 31.0. The summed E-state index contributed by atoms with van der Waals surface area (Å²) in [5, 5.41) is 3.43. The molecule has 0 saturated heterocycles. The van der Waals surface area contributed by atoms with Gasteiger partial charge >= 0.3 is 0 Å². The summed E-state index contributed by atoms with van der Waals surface area (Å²) >= 11 is 0. The number of anilines is 1. The Labute approximate surface area is 127 Å². The lowest BCUT2D eigenvalue weighted by atomic mass is 9.92. The lowest BCUT2D eigenvalue weighted by molar-refractivity contribution is 0.0669. The van der Waals surface area contributed by atoms with Gasteiger partial charge in [0.25, 0.3) is 0 Å². The lowest BCUT2D eigenvalue weighted by Crippen LogP contribution is -2.31. The van der Waals surface area contributed by atoms with Gasteiger partial charge in [-0.1, -0.05) is 6.07 Å². The van der Waals surface area contributed by atoms with Crippen molar-refractivity contribution in [2.45, 2.75) is 42.7 Å². The summed E-state index contributed by atoms with van der Waals surface area (Å²) in [6.45, 7) is 0. The first-order chi connectivity index (χ1) is 9.93. The van der Waals surface area contributed by atoms with Crippen LogP contribution in [0.25, 0.3) is 0 Å². The number of methoxy groups -OCH3 is 1. The van der Waals surface area contributed by atoms with E-state index in [2.05, 4.69) is 5.32 Å². The molecule has 2 unspecified atom stereocenters. The molecule has 0 bridgehead atoms. The van der Waals surface area contributed by atoms with E-state index in [-0.39, 0.29) is 0 Å². The summed E-state index contributed by atoms with van der Waals surface area (Å²) in [4.78, 5) is 0.316. The highest BCUT2D eigenvalue weighted by Gasteiger charge is 2.22. The molecular formula is C15H24N2O3S. The molecule has 1 saturated carbocycles. The molecule has 1 aromatic carbocycles. The number of rotatable bonds is 5. The normalized spacial score (nSPS) is 23.2. The molecule has 0 radical (unpaired) electrons. The molecule has 5 nitrogen and oxygen atoms in total. The summed E-state index contributed by atoms with van der Waals surface area (Å²) in [5.74, 6) is 0. The van der Waals surface area contributed by atoms with E-state index in [1.165, 1.54) is 4.31 Å². The number of benzene rings is 1. The minimum Gasteiger partial charge on any atom is -0.382 e. The summed E-state index contributed by atoms with van der Waals surface area (Å²) in [5.41, 5.74) is 0.847. The predicted molar refractivity (Wildman–Crippen MR) is 84.0 cm³/mol. The summed E-state index contributed by atoms with van der Waals surface area (Å²) in [6.07, 6.45) is 4.58. The number of hydrogen-bond acceptors (Lipinski definition) is 4. The molecule has 1 aliphatic rings. The van der Waals surface area contributed by atoms with E-state index in [4.69, 9.17) is 4.74 Å². The first kappa shape index (κ1) is 16.3. The Kier molecular flexibility index (Phi) is 5.24.